The highest BCUT2D eigenvalue weighted by Crippen LogP contribution is 2.36. The molecular formula is C13H16FN3. The van der Waals surface area contributed by atoms with Crippen LogP contribution in [-0.2, 0) is 0 Å². The SMILES string of the molecule is NC1=NCC(C2CCC2)N1c1ccccc1F. The third-order valence-corrected chi connectivity index (χ3v) is 3.82. The largest absolute Gasteiger partial charge is 0.370 e. The fourth-order valence-electron chi connectivity index (χ4n) is 2.65. The quantitative estimate of drug-likeness (QED) is 0.850. The van der Waals surface area contributed by atoms with E-state index in [0.717, 1.165) is 0 Å². The lowest BCUT2D eigenvalue weighted by Crippen LogP contribution is -2.47. The first-order valence-corrected chi connectivity index (χ1v) is 6.11. The van der Waals surface area contributed by atoms with Crippen LogP contribution < -0.4 is 10.6 Å². The van der Waals surface area contributed by atoms with E-state index in [2.05, 4.69) is 4.99 Å². The Morgan fingerprint density at radius 1 is 1.29 bits per heavy atom. The lowest BCUT2D eigenvalue weighted by atomic mass is 9.79. The number of hydrogen-bond acceptors (Lipinski definition) is 3. The van der Waals surface area contributed by atoms with Crippen molar-refractivity contribution in [3.63, 3.8) is 0 Å². The van der Waals surface area contributed by atoms with Crippen molar-refractivity contribution in [2.24, 2.45) is 16.6 Å². The number of hydrogen-bond donors (Lipinski definition) is 1. The molecule has 0 spiro atoms. The van der Waals surface area contributed by atoms with Crippen LogP contribution in [0.5, 0.6) is 0 Å². The van der Waals surface area contributed by atoms with Gasteiger partial charge in [-0.15, -0.1) is 0 Å². The molecule has 0 amide bonds. The van der Waals surface area contributed by atoms with Crippen molar-refractivity contribution >= 4 is 11.6 Å². The lowest BCUT2D eigenvalue weighted by Gasteiger charge is -2.37. The number of halogens is 1. The predicted molar refractivity (Wildman–Crippen MR) is 66.5 cm³/mol. The van der Waals surface area contributed by atoms with Gasteiger partial charge in [-0.05, 0) is 30.9 Å². The van der Waals surface area contributed by atoms with Gasteiger partial charge in [-0.1, -0.05) is 18.6 Å². The minimum absolute atomic E-state index is 0.225. The summed E-state index contributed by atoms with van der Waals surface area (Å²) in [6.45, 7) is 0.699. The number of rotatable bonds is 2. The van der Waals surface area contributed by atoms with Crippen molar-refractivity contribution < 1.29 is 4.39 Å². The first-order valence-electron chi connectivity index (χ1n) is 6.11. The predicted octanol–water partition coefficient (Wildman–Crippen LogP) is 2.13. The Balaban J connectivity index is 1.93. The molecule has 1 unspecified atom stereocenters. The zero-order valence-corrected chi connectivity index (χ0v) is 9.64. The van der Waals surface area contributed by atoms with Gasteiger partial charge in [0.1, 0.15) is 5.82 Å². The summed E-state index contributed by atoms with van der Waals surface area (Å²) in [5.41, 5.74) is 6.45. The number of anilines is 1. The monoisotopic (exact) mass is 233 g/mol. The van der Waals surface area contributed by atoms with E-state index >= 15 is 0 Å². The third kappa shape index (κ3) is 1.68. The maximum Gasteiger partial charge on any atom is 0.196 e. The second kappa shape index (κ2) is 4.02. The molecule has 1 aliphatic carbocycles. The van der Waals surface area contributed by atoms with Crippen LogP contribution in [0.15, 0.2) is 29.3 Å². The Morgan fingerprint density at radius 2 is 2.06 bits per heavy atom. The van der Waals surface area contributed by atoms with E-state index < -0.39 is 0 Å². The van der Waals surface area contributed by atoms with Crippen molar-refractivity contribution in [3.8, 4) is 0 Å². The van der Waals surface area contributed by atoms with Gasteiger partial charge in [0.25, 0.3) is 0 Å². The third-order valence-electron chi connectivity index (χ3n) is 3.82. The molecule has 2 aliphatic rings. The average Bonchev–Trinajstić information content (AvgIpc) is 2.59. The number of aliphatic imine (C=N–C) groups is 1. The molecule has 1 atom stereocenters. The second-order valence-electron chi connectivity index (χ2n) is 4.78. The normalized spacial score (nSPS) is 24.6. The van der Waals surface area contributed by atoms with Crippen LogP contribution >= 0.6 is 0 Å². The van der Waals surface area contributed by atoms with E-state index in [4.69, 9.17) is 5.73 Å². The first-order chi connectivity index (χ1) is 8.27. The highest BCUT2D eigenvalue weighted by atomic mass is 19.1. The van der Waals surface area contributed by atoms with E-state index in [9.17, 15) is 4.39 Å². The highest BCUT2D eigenvalue weighted by molar-refractivity contribution is 5.97. The number of benzene rings is 1. The fourth-order valence-corrected chi connectivity index (χ4v) is 2.65. The molecule has 0 radical (unpaired) electrons. The van der Waals surface area contributed by atoms with Crippen LogP contribution in [0.4, 0.5) is 10.1 Å². The summed E-state index contributed by atoms with van der Waals surface area (Å²) in [5, 5.41) is 0. The lowest BCUT2D eigenvalue weighted by molar-refractivity contribution is 0.271. The highest BCUT2D eigenvalue weighted by Gasteiger charge is 2.37. The molecule has 3 nitrogen and oxygen atoms in total. The minimum atomic E-state index is -0.225. The van der Waals surface area contributed by atoms with Gasteiger partial charge in [0, 0.05) is 0 Å². The summed E-state index contributed by atoms with van der Waals surface area (Å²) in [4.78, 5) is 6.15. The molecule has 1 aromatic rings. The Labute approximate surface area is 100 Å². The van der Waals surface area contributed by atoms with E-state index in [1.54, 1.807) is 12.1 Å². The number of nitrogens with two attached hydrogens (primary N) is 1. The molecule has 1 saturated carbocycles. The average molecular weight is 233 g/mol. The van der Waals surface area contributed by atoms with Gasteiger partial charge in [-0.2, -0.15) is 0 Å². The molecular weight excluding hydrogens is 217 g/mol. The molecule has 17 heavy (non-hydrogen) atoms. The molecule has 1 fully saturated rings. The smallest absolute Gasteiger partial charge is 0.196 e. The standard InChI is InChI=1S/C13H16FN3/c14-10-6-1-2-7-11(10)17-12(8-16-13(17)15)9-4-3-5-9/h1-2,6-7,9,12H,3-5,8H2,(H2,15,16). The van der Waals surface area contributed by atoms with E-state index in [1.807, 2.05) is 11.0 Å². The van der Waals surface area contributed by atoms with Crippen molar-refractivity contribution in [1.82, 2.24) is 0 Å². The first kappa shape index (κ1) is 10.6. The van der Waals surface area contributed by atoms with Gasteiger partial charge in [0.15, 0.2) is 5.96 Å². The Bertz CT molecular complexity index is 454. The summed E-state index contributed by atoms with van der Waals surface area (Å²) in [5.74, 6) is 0.836. The van der Waals surface area contributed by atoms with Crippen molar-refractivity contribution in [2.45, 2.75) is 25.3 Å². The molecule has 0 aromatic heterocycles. The Morgan fingerprint density at radius 3 is 2.71 bits per heavy atom. The van der Waals surface area contributed by atoms with Gasteiger partial charge in [0.05, 0.1) is 18.3 Å². The van der Waals surface area contributed by atoms with Crippen LogP contribution in [-0.4, -0.2) is 18.5 Å². The molecule has 2 N–H and O–H groups in total. The number of para-hydroxylation sites is 1. The fraction of sp³-hybridized carbons (Fsp3) is 0.462. The topological polar surface area (TPSA) is 41.6 Å². The minimum Gasteiger partial charge on any atom is -0.370 e. The van der Waals surface area contributed by atoms with Gasteiger partial charge in [-0.25, -0.2) is 4.39 Å². The number of nitrogens with zero attached hydrogens (tertiary/aromatic N) is 2. The maximum atomic E-state index is 13.8. The summed E-state index contributed by atoms with van der Waals surface area (Å²) in [7, 11) is 0. The molecule has 1 aromatic carbocycles. The van der Waals surface area contributed by atoms with Gasteiger partial charge >= 0.3 is 0 Å². The second-order valence-corrected chi connectivity index (χ2v) is 4.78. The molecule has 90 valence electrons. The van der Waals surface area contributed by atoms with Crippen molar-refractivity contribution in [2.75, 3.05) is 11.4 Å². The molecule has 1 aliphatic heterocycles. The summed E-state index contributed by atoms with van der Waals surface area (Å²) in [6.07, 6.45) is 3.68. The zero-order valence-electron chi connectivity index (χ0n) is 9.64. The van der Waals surface area contributed by atoms with Crippen LogP contribution in [0.1, 0.15) is 19.3 Å². The van der Waals surface area contributed by atoms with Crippen molar-refractivity contribution in [3.05, 3.63) is 30.1 Å². The van der Waals surface area contributed by atoms with Crippen LogP contribution in [0.3, 0.4) is 0 Å². The molecule has 4 heteroatoms. The van der Waals surface area contributed by atoms with E-state index in [-0.39, 0.29) is 11.9 Å². The summed E-state index contributed by atoms with van der Waals surface area (Å²) in [6, 6.07) is 7.02. The maximum absolute atomic E-state index is 13.8. The van der Waals surface area contributed by atoms with Crippen LogP contribution in [0.2, 0.25) is 0 Å². The van der Waals surface area contributed by atoms with E-state index in [0.29, 0.717) is 24.1 Å². The van der Waals surface area contributed by atoms with E-state index in [1.165, 1.54) is 25.3 Å². The van der Waals surface area contributed by atoms with Gasteiger partial charge in [-0.3, -0.25) is 4.99 Å². The molecule has 1 heterocycles. The summed E-state index contributed by atoms with van der Waals surface area (Å²) >= 11 is 0. The molecule has 0 bridgehead atoms. The van der Waals surface area contributed by atoms with Gasteiger partial charge < -0.3 is 10.6 Å². The Hall–Kier alpha value is -1.58. The number of guanidine groups is 1. The zero-order chi connectivity index (χ0) is 11.8. The van der Waals surface area contributed by atoms with Gasteiger partial charge in [0.2, 0.25) is 0 Å². The van der Waals surface area contributed by atoms with Crippen molar-refractivity contribution in [1.29, 1.82) is 0 Å². The molecule has 3 rings (SSSR count). The summed E-state index contributed by atoms with van der Waals surface area (Å²) < 4.78 is 13.8. The molecule has 0 saturated heterocycles. The van der Waals surface area contributed by atoms with Crippen LogP contribution in [0.25, 0.3) is 0 Å². The Kier molecular flexibility index (Phi) is 2.50. The van der Waals surface area contributed by atoms with Crippen LogP contribution in [0, 0.1) is 11.7 Å².